The fourth-order valence-electron chi connectivity index (χ4n) is 1.23. The summed E-state index contributed by atoms with van der Waals surface area (Å²) in [7, 11) is 0. The van der Waals surface area contributed by atoms with E-state index in [9.17, 15) is 5.11 Å². The van der Waals surface area contributed by atoms with E-state index in [-0.39, 0.29) is 58.6 Å². The van der Waals surface area contributed by atoms with Crippen LogP contribution in [-0.2, 0) is 0 Å². The molecule has 2 rings (SSSR count). The first kappa shape index (κ1) is 11.1. The van der Waals surface area contributed by atoms with Crippen molar-refractivity contribution < 1.29 is 57.9 Å². The van der Waals surface area contributed by atoms with Crippen molar-refractivity contribution in [1.82, 2.24) is 4.98 Å². The Bertz CT molecular complexity index is 433. The van der Waals surface area contributed by atoms with Crippen molar-refractivity contribution in [2.45, 2.75) is 6.92 Å². The summed E-state index contributed by atoms with van der Waals surface area (Å²) < 4.78 is 0. The Morgan fingerprint density at radius 2 is 2.00 bits per heavy atom. The number of hydrogen-bond acceptors (Lipinski definition) is 2. The van der Waals surface area contributed by atoms with Gasteiger partial charge in [-0.05, 0) is 19.1 Å². The molecule has 0 spiro atoms. The number of para-hydroxylation sites is 1. The van der Waals surface area contributed by atoms with E-state index >= 15 is 0 Å². The molecule has 1 N–H and O–H groups in total. The van der Waals surface area contributed by atoms with Crippen LogP contribution in [-0.4, -0.2) is 10.1 Å². The van der Waals surface area contributed by atoms with Gasteiger partial charge in [-0.25, -0.2) is 4.98 Å². The monoisotopic (exact) mass is 199 g/mol. The van der Waals surface area contributed by atoms with Gasteiger partial charge in [-0.15, -0.1) is 0 Å². The molecule has 0 aliphatic heterocycles. The average molecular weight is 199 g/mol. The Kier molecular flexibility index (Phi) is 3.88. The van der Waals surface area contributed by atoms with Crippen LogP contribution in [0.25, 0.3) is 10.9 Å². The van der Waals surface area contributed by atoms with Gasteiger partial charge in [0.1, 0.15) is 11.3 Å². The van der Waals surface area contributed by atoms with Gasteiger partial charge < -0.3 is 6.53 Å². The molecule has 0 bridgehead atoms. The fraction of sp³-hybridized carbons (Fsp3) is 0.100. The predicted molar refractivity (Wildman–Crippen MR) is 49.3 cm³/mol. The fourth-order valence-corrected chi connectivity index (χ4v) is 1.23. The minimum Gasteiger partial charge on any atom is -1.00 e. The van der Waals surface area contributed by atoms with E-state index in [0.29, 0.717) is 5.52 Å². The van der Waals surface area contributed by atoms with E-state index in [0.717, 1.165) is 11.1 Å². The number of phenols is 1. The van der Waals surface area contributed by atoms with Gasteiger partial charge in [0.15, 0.2) is 0 Å². The van der Waals surface area contributed by atoms with Crippen LogP contribution in [0.4, 0.5) is 0 Å². The Morgan fingerprint density at radius 3 is 2.77 bits per heavy atom. The molecule has 62 valence electrons. The number of pyridine rings is 1. The molecule has 0 fully saturated rings. The molecule has 0 amide bonds. The summed E-state index contributed by atoms with van der Waals surface area (Å²) in [4.78, 5) is 4.23. The number of phenolic OH excluding ortho intramolecular Hbond substituents is 1. The number of nitrogens with zero attached hydrogens (tertiary/aromatic N) is 1. The second-order valence-corrected chi connectivity index (χ2v) is 2.80. The second kappa shape index (κ2) is 4.53. The first-order valence-electron chi connectivity index (χ1n) is 3.83. The molecular weight excluding hydrogens is 189 g/mol. The first-order chi connectivity index (χ1) is 5.77. The number of hydrogen-bond donors (Lipinski definition) is 1. The second-order valence-electron chi connectivity index (χ2n) is 2.80. The van der Waals surface area contributed by atoms with Crippen molar-refractivity contribution in [1.29, 1.82) is 0 Å². The Morgan fingerprint density at radius 1 is 1.23 bits per heavy atom. The maximum atomic E-state index is 9.43. The SMILES string of the molecule is Cc1ccc2cccc(O)c2n1.[H-].[K+]. The molecule has 0 aliphatic carbocycles. The van der Waals surface area contributed by atoms with Gasteiger partial charge in [0.05, 0.1) is 0 Å². The van der Waals surface area contributed by atoms with Crippen LogP contribution >= 0.6 is 0 Å². The molecule has 0 unspecified atom stereocenters. The molecule has 1 aromatic heterocycles. The molecular formula is C10H10KNO. The van der Waals surface area contributed by atoms with E-state index < -0.39 is 0 Å². The van der Waals surface area contributed by atoms with E-state index in [1.165, 1.54) is 0 Å². The minimum atomic E-state index is 0. The van der Waals surface area contributed by atoms with Crippen molar-refractivity contribution in [3.05, 3.63) is 36.0 Å². The van der Waals surface area contributed by atoms with Crippen molar-refractivity contribution in [2.75, 3.05) is 0 Å². The van der Waals surface area contributed by atoms with Crippen LogP contribution < -0.4 is 51.4 Å². The maximum absolute atomic E-state index is 9.43. The average Bonchev–Trinajstić information content (AvgIpc) is 2.07. The van der Waals surface area contributed by atoms with Crippen molar-refractivity contribution in [3.8, 4) is 5.75 Å². The molecule has 3 heteroatoms. The molecule has 0 atom stereocenters. The van der Waals surface area contributed by atoms with Gasteiger partial charge in [-0.2, -0.15) is 0 Å². The summed E-state index contributed by atoms with van der Waals surface area (Å²) in [6, 6.07) is 9.28. The van der Waals surface area contributed by atoms with Crippen LogP contribution in [0.1, 0.15) is 7.12 Å². The quantitative estimate of drug-likeness (QED) is 0.573. The number of fused-ring (bicyclic) bond motifs is 1. The number of aryl methyl sites for hydroxylation is 1. The molecule has 2 nitrogen and oxygen atoms in total. The minimum absolute atomic E-state index is 0. The van der Waals surface area contributed by atoms with E-state index in [4.69, 9.17) is 0 Å². The molecule has 0 saturated carbocycles. The van der Waals surface area contributed by atoms with Crippen LogP contribution in [0.2, 0.25) is 0 Å². The number of aromatic hydroxyl groups is 1. The van der Waals surface area contributed by atoms with Gasteiger partial charge in [0.2, 0.25) is 0 Å². The summed E-state index contributed by atoms with van der Waals surface area (Å²) in [5, 5.41) is 10.4. The van der Waals surface area contributed by atoms with Gasteiger partial charge in [-0.1, -0.05) is 18.2 Å². The number of aromatic nitrogens is 1. The van der Waals surface area contributed by atoms with Crippen molar-refractivity contribution >= 4 is 10.9 Å². The summed E-state index contributed by atoms with van der Waals surface area (Å²) in [6.07, 6.45) is 0. The van der Waals surface area contributed by atoms with E-state index in [1.807, 2.05) is 31.2 Å². The largest absolute Gasteiger partial charge is 1.00 e. The zero-order valence-corrected chi connectivity index (χ0v) is 10.9. The van der Waals surface area contributed by atoms with Crippen LogP contribution in [0.3, 0.4) is 0 Å². The van der Waals surface area contributed by atoms with E-state index in [1.54, 1.807) is 6.07 Å². The van der Waals surface area contributed by atoms with E-state index in [2.05, 4.69) is 4.98 Å². The Labute approximate surface area is 121 Å². The van der Waals surface area contributed by atoms with Crippen LogP contribution in [0.5, 0.6) is 5.75 Å². The topological polar surface area (TPSA) is 33.1 Å². The van der Waals surface area contributed by atoms with Crippen molar-refractivity contribution in [2.24, 2.45) is 0 Å². The molecule has 1 aromatic carbocycles. The predicted octanol–water partition coefficient (Wildman–Crippen LogP) is -0.635. The molecule has 0 saturated heterocycles. The summed E-state index contributed by atoms with van der Waals surface area (Å²) in [5.74, 6) is 0.246. The Balaban J connectivity index is 0.000000845. The number of benzene rings is 1. The molecule has 0 radical (unpaired) electrons. The van der Waals surface area contributed by atoms with Gasteiger partial charge in [0.25, 0.3) is 0 Å². The summed E-state index contributed by atoms with van der Waals surface area (Å²) >= 11 is 0. The number of rotatable bonds is 0. The normalized spacial score (nSPS) is 9.62. The zero-order valence-electron chi connectivity index (χ0n) is 8.78. The van der Waals surface area contributed by atoms with Gasteiger partial charge >= 0.3 is 51.4 Å². The van der Waals surface area contributed by atoms with Crippen LogP contribution in [0.15, 0.2) is 30.3 Å². The van der Waals surface area contributed by atoms with Crippen molar-refractivity contribution in [3.63, 3.8) is 0 Å². The first-order valence-corrected chi connectivity index (χ1v) is 3.83. The third-order valence-corrected chi connectivity index (χ3v) is 1.84. The summed E-state index contributed by atoms with van der Waals surface area (Å²) in [5.41, 5.74) is 1.60. The summed E-state index contributed by atoms with van der Waals surface area (Å²) in [6.45, 7) is 1.91. The molecule has 0 aliphatic rings. The molecule has 2 aromatic rings. The maximum Gasteiger partial charge on any atom is 1.00 e. The Hall–Kier alpha value is 0.0664. The smallest absolute Gasteiger partial charge is 1.00 e. The molecule has 1 heterocycles. The third kappa shape index (κ3) is 2.30. The standard InChI is InChI=1S/C10H9NO.K.H/c1-7-5-6-8-3-2-4-9(12)10(8)11-7;;/h2-6,12H,1H3;;/q;+1;-1. The third-order valence-electron chi connectivity index (χ3n) is 1.84. The van der Waals surface area contributed by atoms with Gasteiger partial charge in [0, 0.05) is 11.1 Å². The van der Waals surface area contributed by atoms with Crippen LogP contribution in [0, 0.1) is 6.92 Å². The zero-order chi connectivity index (χ0) is 8.55. The van der Waals surface area contributed by atoms with Gasteiger partial charge in [-0.3, -0.25) is 0 Å². The molecule has 13 heavy (non-hydrogen) atoms.